The van der Waals surface area contributed by atoms with Gasteiger partial charge >= 0.3 is 24.7 Å². The van der Waals surface area contributed by atoms with E-state index in [-0.39, 0.29) is 101 Å². The minimum atomic E-state index is -4.40. The number of carbonyl (C=O) groups excluding carboxylic acids is 4. The molecular formula is C107H135ClF12N8O9. The van der Waals surface area contributed by atoms with Crippen LogP contribution in [0.5, 0.6) is 5.75 Å². The zero-order chi connectivity index (χ0) is 99.4. The van der Waals surface area contributed by atoms with Crippen LogP contribution in [0.4, 0.5) is 75.4 Å². The molecule has 0 bridgehead atoms. The second-order valence-corrected chi connectivity index (χ2v) is 38.6. The highest BCUT2D eigenvalue weighted by Crippen LogP contribution is 2.39. The first kappa shape index (κ1) is 109. The standard InChI is InChI=1S/C30H39F3N2O3.C28H37F3N2O2.C25H31F3N2O2.C24H28ClF3N2O2/c1-21-5-10-26(19-27(21)30(31,32)33)38-25-13-11-24(12-14-25)37-20-28(36)35-17-15-34(16-18-35)23-8-6-22(7-9-23)29(2,3)4;1-21-8-9-22(19-25(21)28(29,30)31)7-5-6-18-35-20-26(34)33-16-14-32(15-17-33)24-12-10-23(11-13-24)27(2,3)4;1-19-6-10-22(11-7-19)29-12-14-30(15-13-29)24(31)18-32-16-4-3-5-21-9-8-20(2)23(17-21)25(26,27)28;1-18-5-6-19(16-22(18)24(26,27)28)4-2-3-15-32-17-23(31)30-13-11-29(12-14-30)21-9-7-20(25)8-10-21/h5-10,19,24-25H,11-18,20H2,1-4H3;8-13,19H,5-7,14-18,20H2,1-4H3;6-11,17H,3-5,12-16,18H2,1-2H3;5-10,16H,2-4,11-15,17H2,1H3. The molecule has 137 heavy (non-hydrogen) atoms. The summed E-state index contributed by atoms with van der Waals surface area (Å²) in [5.74, 6) is 0.189. The Bertz CT molecular complexity index is 4960. The Balaban J connectivity index is 0.000000189. The van der Waals surface area contributed by atoms with Gasteiger partial charge in [-0.05, 0) is 270 Å². The molecule has 30 heteroatoms. The summed E-state index contributed by atoms with van der Waals surface area (Å²) in [7, 11) is 0. The van der Waals surface area contributed by atoms with Gasteiger partial charge in [0.2, 0.25) is 23.6 Å². The van der Waals surface area contributed by atoms with Crippen molar-refractivity contribution in [3.05, 3.63) is 253 Å². The highest BCUT2D eigenvalue weighted by Gasteiger charge is 2.38. The molecule has 0 N–H and O–H groups in total. The van der Waals surface area contributed by atoms with Crippen molar-refractivity contribution in [1.82, 2.24) is 19.6 Å². The lowest BCUT2D eigenvalue weighted by Gasteiger charge is -2.36. The zero-order valence-corrected chi connectivity index (χ0v) is 81.7. The third kappa shape index (κ3) is 34.7. The van der Waals surface area contributed by atoms with Crippen LogP contribution in [0.2, 0.25) is 5.02 Å². The first-order valence-electron chi connectivity index (χ1n) is 47.7. The van der Waals surface area contributed by atoms with E-state index in [4.69, 9.17) is 35.3 Å². The van der Waals surface area contributed by atoms with Crippen molar-refractivity contribution in [3.8, 4) is 5.75 Å². The summed E-state index contributed by atoms with van der Waals surface area (Å²) in [5.41, 5.74) is 9.23. The number of ether oxygens (including phenoxy) is 5. The molecule has 13 rings (SSSR count). The van der Waals surface area contributed by atoms with Gasteiger partial charge in [0.25, 0.3) is 0 Å². The number of carbonyl (C=O) groups is 4. The van der Waals surface area contributed by atoms with Crippen LogP contribution in [0, 0.1) is 34.6 Å². The Morgan fingerprint density at radius 1 is 0.314 bits per heavy atom. The number of amides is 4. The van der Waals surface area contributed by atoms with Crippen LogP contribution in [0.3, 0.4) is 0 Å². The second kappa shape index (κ2) is 50.7. The third-order valence-corrected chi connectivity index (χ3v) is 26.0. The lowest BCUT2D eigenvalue weighted by Crippen LogP contribution is -2.50. The maximum atomic E-state index is 13.2. The maximum absolute atomic E-state index is 13.2. The number of benzene rings is 8. The van der Waals surface area contributed by atoms with Crippen molar-refractivity contribution in [1.29, 1.82) is 0 Å². The summed E-state index contributed by atoms with van der Waals surface area (Å²) in [6.45, 7) is 34.1. The van der Waals surface area contributed by atoms with Crippen molar-refractivity contribution in [3.63, 3.8) is 0 Å². The molecule has 4 heterocycles. The molecule has 1 saturated carbocycles. The van der Waals surface area contributed by atoms with Gasteiger partial charge in [0.05, 0.1) is 34.5 Å². The molecule has 0 radical (unpaired) electrons. The van der Waals surface area contributed by atoms with Crippen molar-refractivity contribution in [2.24, 2.45) is 0 Å². The van der Waals surface area contributed by atoms with Crippen molar-refractivity contribution in [2.75, 3.05) is 171 Å². The van der Waals surface area contributed by atoms with Crippen LogP contribution >= 0.6 is 11.6 Å². The fraction of sp³-hybridized carbons (Fsp3) is 0.514. The fourth-order valence-corrected chi connectivity index (χ4v) is 17.2. The van der Waals surface area contributed by atoms with E-state index in [1.807, 2.05) is 39.0 Å². The van der Waals surface area contributed by atoms with Crippen LogP contribution < -0.4 is 24.3 Å². The molecule has 5 aliphatic rings. The molecule has 8 aromatic carbocycles. The average molecular weight is 1940 g/mol. The Labute approximate surface area is 805 Å². The van der Waals surface area contributed by atoms with Gasteiger partial charge in [-0.15, -0.1) is 0 Å². The van der Waals surface area contributed by atoms with E-state index >= 15 is 0 Å². The number of nitrogens with zero attached hydrogens (tertiary/aromatic N) is 8. The van der Waals surface area contributed by atoms with E-state index < -0.39 is 47.0 Å². The number of rotatable bonds is 30. The molecule has 0 unspecified atom stereocenters. The quantitative estimate of drug-likeness (QED) is 0.0312. The second-order valence-electron chi connectivity index (χ2n) is 38.1. The number of halogens is 13. The fourth-order valence-electron chi connectivity index (χ4n) is 17.1. The molecule has 4 aliphatic heterocycles. The number of anilines is 4. The van der Waals surface area contributed by atoms with Crippen LogP contribution in [0.25, 0.3) is 0 Å². The molecule has 4 saturated heterocycles. The summed E-state index contributed by atoms with van der Waals surface area (Å²) in [4.78, 5) is 66.4. The van der Waals surface area contributed by atoms with Gasteiger partial charge in [-0.1, -0.05) is 138 Å². The summed E-state index contributed by atoms with van der Waals surface area (Å²) in [6, 6.07) is 51.0. The number of aryl methyl sites for hydroxylation is 8. The predicted octanol–water partition coefficient (Wildman–Crippen LogP) is 22.7. The van der Waals surface area contributed by atoms with Crippen molar-refractivity contribution < 1.29 is 95.5 Å². The molecular weight excluding hydrogens is 1800 g/mol. The van der Waals surface area contributed by atoms with Gasteiger partial charge in [0.15, 0.2) is 0 Å². The van der Waals surface area contributed by atoms with E-state index in [0.29, 0.717) is 177 Å². The Hall–Kier alpha value is -10.1. The molecule has 748 valence electrons. The summed E-state index contributed by atoms with van der Waals surface area (Å²) in [6.07, 6.45) is -8.91. The largest absolute Gasteiger partial charge is 0.490 e. The molecule has 0 aromatic heterocycles. The lowest BCUT2D eigenvalue weighted by molar-refractivity contribution is -0.140. The molecule has 5 fully saturated rings. The zero-order valence-electron chi connectivity index (χ0n) is 80.9. The number of alkyl halides is 12. The van der Waals surface area contributed by atoms with Crippen LogP contribution in [0.15, 0.2) is 170 Å². The first-order valence-corrected chi connectivity index (χ1v) is 48.0. The summed E-state index contributed by atoms with van der Waals surface area (Å²) >= 11 is 5.93. The summed E-state index contributed by atoms with van der Waals surface area (Å²) < 4.78 is 185. The Morgan fingerprint density at radius 2 is 0.577 bits per heavy atom. The Morgan fingerprint density at radius 3 is 0.869 bits per heavy atom. The lowest BCUT2D eigenvalue weighted by atomic mass is 9.87. The minimum Gasteiger partial charge on any atom is -0.490 e. The van der Waals surface area contributed by atoms with Crippen LogP contribution in [0.1, 0.15) is 184 Å². The molecule has 8 aromatic rings. The van der Waals surface area contributed by atoms with Gasteiger partial charge in [-0.3, -0.25) is 19.2 Å². The first-order chi connectivity index (χ1) is 64.8. The molecule has 0 spiro atoms. The molecule has 17 nitrogen and oxygen atoms in total. The maximum Gasteiger partial charge on any atom is 0.416 e. The highest BCUT2D eigenvalue weighted by atomic mass is 35.5. The van der Waals surface area contributed by atoms with E-state index in [0.717, 1.165) is 64.1 Å². The van der Waals surface area contributed by atoms with E-state index in [1.165, 1.54) is 104 Å². The molecule has 4 amide bonds. The Kier molecular flexibility index (Phi) is 40.3. The van der Waals surface area contributed by atoms with E-state index in [9.17, 15) is 71.9 Å². The van der Waals surface area contributed by atoms with Gasteiger partial charge < -0.3 is 62.9 Å². The number of unbranched alkanes of at least 4 members (excludes halogenated alkanes) is 3. The highest BCUT2D eigenvalue weighted by molar-refractivity contribution is 6.30. The number of piperazine rings is 4. The SMILES string of the molecule is Cc1ccc(CCCCOCC(=O)N2CCN(c3ccc(C(C)(C)C)cc3)CC2)cc1C(F)(F)F.Cc1ccc(CCCCOCC(=O)N2CCN(c3ccc(Cl)cc3)CC2)cc1C(F)(F)F.Cc1ccc(N2CCN(C(=O)COCCCCc3ccc(C)c(C(F)(F)F)c3)CC2)cc1.Cc1ccc(OC2CCC(OCC(=O)N3CCN(c4ccc(C(C)(C)C)cc4)CC3)CC2)cc1C(F)(F)F. The predicted molar refractivity (Wildman–Crippen MR) is 517 cm³/mol. The minimum absolute atomic E-state index is 0.00504. The van der Waals surface area contributed by atoms with E-state index in [1.54, 1.807) is 29.2 Å². The topological polar surface area (TPSA) is 140 Å². The van der Waals surface area contributed by atoms with Gasteiger partial charge in [0.1, 0.15) is 32.2 Å². The third-order valence-electron chi connectivity index (χ3n) is 25.7. The van der Waals surface area contributed by atoms with Crippen molar-refractivity contribution in [2.45, 2.75) is 207 Å². The average Bonchev–Trinajstić information content (AvgIpc) is 0.831. The summed E-state index contributed by atoms with van der Waals surface area (Å²) in [5, 5.41) is 0.699. The van der Waals surface area contributed by atoms with Crippen LogP contribution in [-0.2, 0) is 92.9 Å². The van der Waals surface area contributed by atoms with Crippen molar-refractivity contribution >= 4 is 58.0 Å². The number of hydrogen-bond acceptors (Lipinski definition) is 13. The smallest absolute Gasteiger partial charge is 0.416 e. The van der Waals surface area contributed by atoms with E-state index in [2.05, 4.69) is 141 Å². The van der Waals surface area contributed by atoms with Gasteiger partial charge in [0, 0.05) is 152 Å². The van der Waals surface area contributed by atoms with Gasteiger partial charge in [-0.25, -0.2) is 0 Å². The van der Waals surface area contributed by atoms with Gasteiger partial charge in [-0.2, -0.15) is 52.7 Å². The molecule has 1 aliphatic carbocycles. The normalized spacial score (nSPS) is 16.5. The number of hydrogen-bond donors (Lipinski definition) is 0. The monoisotopic (exact) mass is 1940 g/mol. The molecule has 0 atom stereocenters. The van der Waals surface area contributed by atoms with Crippen LogP contribution in [-0.4, -0.2) is 206 Å².